The summed E-state index contributed by atoms with van der Waals surface area (Å²) in [4.78, 5) is 2.35. The van der Waals surface area contributed by atoms with Gasteiger partial charge in [-0.05, 0) is 24.1 Å². The number of rotatable bonds is 4. The van der Waals surface area contributed by atoms with Gasteiger partial charge in [-0.15, -0.1) is 6.58 Å². The second-order valence-corrected chi connectivity index (χ2v) is 4.61. The fourth-order valence-corrected chi connectivity index (χ4v) is 2.46. The molecular formula is C14H20N2O2. The van der Waals surface area contributed by atoms with Crippen LogP contribution in [0.4, 0.5) is 0 Å². The van der Waals surface area contributed by atoms with Crippen molar-refractivity contribution in [3.05, 3.63) is 36.4 Å². The average molecular weight is 248 g/mol. The van der Waals surface area contributed by atoms with Gasteiger partial charge in [0.1, 0.15) is 11.5 Å². The van der Waals surface area contributed by atoms with Crippen LogP contribution in [-0.4, -0.2) is 41.3 Å². The van der Waals surface area contributed by atoms with Gasteiger partial charge in [0.2, 0.25) is 0 Å². The molecule has 1 aromatic rings. The van der Waals surface area contributed by atoms with Crippen LogP contribution in [-0.2, 0) is 0 Å². The number of aromatic hydroxyl groups is 2. The third-order valence-electron chi connectivity index (χ3n) is 3.29. The minimum Gasteiger partial charge on any atom is -0.508 e. The summed E-state index contributed by atoms with van der Waals surface area (Å²) < 4.78 is 0. The molecule has 0 amide bonds. The number of benzene rings is 1. The van der Waals surface area contributed by atoms with Gasteiger partial charge in [0.15, 0.2) is 0 Å². The molecule has 0 aliphatic carbocycles. The summed E-state index contributed by atoms with van der Waals surface area (Å²) in [7, 11) is 0. The maximum absolute atomic E-state index is 9.59. The third kappa shape index (κ3) is 3.03. The molecule has 1 atom stereocenters. The molecule has 0 radical (unpaired) electrons. The van der Waals surface area contributed by atoms with E-state index in [2.05, 4.69) is 16.8 Å². The maximum Gasteiger partial charge on any atom is 0.119 e. The van der Waals surface area contributed by atoms with Crippen LogP contribution in [0, 0.1) is 0 Å². The van der Waals surface area contributed by atoms with E-state index in [4.69, 9.17) is 0 Å². The SMILES string of the molecule is C=CC[C@H](c1cc(O)cc(O)c1)N1CCNCC1. The summed E-state index contributed by atoms with van der Waals surface area (Å²) in [6.07, 6.45) is 2.69. The summed E-state index contributed by atoms with van der Waals surface area (Å²) >= 11 is 0. The maximum atomic E-state index is 9.59. The number of nitrogens with zero attached hydrogens (tertiary/aromatic N) is 1. The Hall–Kier alpha value is -1.52. The van der Waals surface area contributed by atoms with Crippen LogP contribution in [0.15, 0.2) is 30.9 Å². The van der Waals surface area contributed by atoms with Crippen molar-refractivity contribution in [1.82, 2.24) is 10.2 Å². The van der Waals surface area contributed by atoms with Crippen LogP contribution in [0.5, 0.6) is 11.5 Å². The number of phenols is 2. The lowest BCUT2D eigenvalue weighted by molar-refractivity contribution is 0.174. The lowest BCUT2D eigenvalue weighted by Crippen LogP contribution is -2.45. The number of piperazine rings is 1. The molecular weight excluding hydrogens is 228 g/mol. The Morgan fingerprint density at radius 1 is 1.22 bits per heavy atom. The summed E-state index contributed by atoms with van der Waals surface area (Å²) in [5.41, 5.74) is 0.939. The molecule has 1 aliphatic heterocycles. The van der Waals surface area contributed by atoms with E-state index in [9.17, 15) is 10.2 Å². The Morgan fingerprint density at radius 3 is 2.39 bits per heavy atom. The first-order valence-corrected chi connectivity index (χ1v) is 6.29. The predicted molar refractivity (Wildman–Crippen MR) is 71.8 cm³/mol. The van der Waals surface area contributed by atoms with Gasteiger partial charge in [0.25, 0.3) is 0 Å². The lowest BCUT2D eigenvalue weighted by atomic mass is 10.0. The number of hydrogen-bond acceptors (Lipinski definition) is 4. The minimum atomic E-state index is 0.106. The van der Waals surface area contributed by atoms with Gasteiger partial charge in [-0.2, -0.15) is 0 Å². The monoisotopic (exact) mass is 248 g/mol. The largest absolute Gasteiger partial charge is 0.508 e. The Kier molecular flexibility index (Phi) is 4.23. The zero-order valence-corrected chi connectivity index (χ0v) is 10.5. The van der Waals surface area contributed by atoms with E-state index in [1.165, 1.54) is 6.07 Å². The average Bonchev–Trinajstić information content (AvgIpc) is 2.36. The molecule has 3 N–H and O–H groups in total. The van der Waals surface area contributed by atoms with Gasteiger partial charge < -0.3 is 15.5 Å². The highest BCUT2D eigenvalue weighted by molar-refractivity contribution is 5.38. The second kappa shape index (κ2) is 5.89. The smallest absolute Gasteiger partial charge is 0.119 e. The molecule has 18 heavy (non-hydrogen) atoms. The molecule has 0 unspecified atom stereocenters. The van der Waals surface area contributed by atoms with Gasteiger partial charge in [-0.3, -0.25) is 4.90 Å². The van der Waals surface area contributed by atoms with Gasteiger partial charge >= 0.3 is 0 Å². The van der Waals surface area contributed by atoms with Crippen LogP contribution < -0.4 is 5.32 Å². The van der Waals surface area contributed by atoms with Crippen molar-refractivity contribution in [2.45, 2.75) is 12.5 Å². The van der Waals surface area contributed by atoms with E-state index in [0.717, 1.165) is 38.2 Å². The molecule has 1 aromatic carbocycles. The predicted octanol–water partition coefficient (Wildman–Crippen LogP) is 1.62. The summed E-state index contributed by atoms with van der Waals surface area (Å²) in [6.45, 7) is 7.67. The standard InChI is InChI=1S/C14H20N2O2/c1-2-3-14(16-6-4-15-5-7-16)11-8-12(17)10-13(18)9-11/h2,8-10,14-15,17-18H,1,3-7H2/t14-/m1/s1. The number of nitrogens with one attached hydrogen (secondary N) is 1. The van der Waals surface area contributed by atoms with E-state index < -0.39 is 0 Å². The molecule has 0 saturated carbocycles. The van der Waals surface area contributed by atoms with Crippen LogP contribution in [0.3, 0.4) is 0 Å². The highest BCUT2D eigenvalue weighted by atomic mass is 16.3. The van der Waals surface area contributed by atoms with Crippen LogP contribution in [0.2, 0.25) is 0 Å². The first-order chi connectivity index (χ1) is 8.70. The summed E-state index contributed by atoms with van der Waals surface area (Å²) in [5.74, 6) is 0.211. The van der Waals surface area contributed by atoms with Gasteiger partial charge in [-0.25, -0.2) is 0 Å². The lowest BCUT2D eigenvalue weighted by Gasteiger charge is -2.34. The molecule has 1 aliphatic rings. The van der Waals surface area contributed by atoms with Crippen molar-refractivity contribution in [3.63, 3.8) is 0 Å². The Bertz CT molecular complexity index is 394. The van der Waals surface area contributed by atoms with Crippen LogP contribution in [0.1, 0.15) is 18.0 Å². The molecule has 0 aromatic heterocycles. The van der Waals surface area contributed by atoms with Crippen molar-refractivity contribution < 1.29 is 10.2 Å². The topological polar surface area (TPSA) is 55.7 Å². The Labute approximate surface area is 108 Å². The highest BCUT2D eigenvalue weighted by Crippen LogP contribution is 2.30. The molecule has 1 saturated heterocycles. The molecule has 0 bridgehead atoms. The molecule has 1 fully saturated rings. The van der Waals surface area contributed by atoms with Gasteiger partial charge in [0.05, 0.1) is 0 Å². The zero-order valence-electron chi connectivity index (χ0n) is 10.5. The fraction of sp³-hybridized carbons (Fsp3) is 0.429. The summed E-state index contributed by atoms with van der Waals surface area (Å²) in [5, 5.41) is 22.5. The summed E-state index contributed by atoms with van der Waals surface area (Å²) in [6, 6.07) is 4.96. The first kappa shape index (κ1) is 12.9. The first-order valence-electron chi connectivity index (χ1n) is 6.29. The minimum absolute atomic E-state index is 0.106. The zero-order chi connectivity index (χ0) is 13.0. The molecule has 4 heteroatoms. The van der Waals surface area contributed by atoms with Crippen molar-refractivity contribution in [2.75, 3.05) is 26.2 Å². The van der Waals surface area contributed by atoms with Crippen LogP contribution in [0.25, 0.3) is 0 Å². The molecule has 1 heterocycles. The third-order valence-corrected chi connectivity index (χ3v) is 3.29. The van der Waals surface area contributed by atoms with E-state index in [1.807, 2.05) is 6.08 Å². The fourth-order valence-electron chi connectivity index (χ4n) is 2.46. The van der Waals surface area contributed by atoms with Gasteiger partial charge in [-0.1, -0.05) is 6.08 Å². The van der Waals surface area contributed by atoms with Crippen molar-refractivity contribution in [2.24, 2.45) is 0 Å². The van der Waals surface area contributed by atoms with Gasteiger partial charge in [0, 0.05) is 38.3 Å². The Balaban J connectivity index is 2.24. The van der Waals surface area contributed by atoms with Crippen LogP contribution >= 0.6 is 0 Å². The van der Waals surface area contributed by atoms with E-state index >= 15 is 0 Å². The normalized spacial score (nSPS) is 18.4. The highest BCUT2D eigenvalue weighted by Gasteiger charge is 2.21. The van der Waals surface area contributed by atoms with Crippen molar-refractivity contribution in [3.8, 4) is 11.5 Å². The number of phenolic OH excluding ortho intramolecular Hbond substituents is 2. The van der Waals surface area contributed by atoms with Crippen molar-refractivity contribution >= 4 is 0 Å². The second-order valence-electron chi connectivity index (χ2n) is 4.61. The number of hydrogen-bond donors (Lipinski definition) is 3. The molecule has 0 spiro atoms. The molecule has 98 valence electrons. The van der Waals surface area contributed by atoms with E-state index in [0.29, 0.717) is 0 Å². The molecule has 4 nitrogen and oxygen atoms in total. The van der Waals surface area contributed by atoms with E-state index in [1.54, 1.807) is 12.1 Å². The quantitative estimate of drug-likeness (QED) is 0.709. The Morgan fingerprint density at radius 2 is 1.83 bits per heavy atom. The van der Waals surface area contributed by atoms with E-state index in [-0.39, 0.29) is 17.5 Å². The van der Waals surface area contributed by atoms with Crippen molar-refractivity contribution in [1.29, 1.82) is 0 Å². The molecule has 2 rings (SSSR count).